The maximum absolute atomic E-state index is 11.9. The minimum atomic E-state index is -4.63. The number of nitrogens with zero attached hydrogens (tertiary/aromatic N) is 1. The molecule has 12 heteroatoms. The molecule has 0 atom stereocenters. The molecule has 0 aromatic heterocycles. The first-order valence-corrected chi connectivity index (χ1v) is 7.48. The lowest BCUT2D eigenvalue weighted by molar-refractivity contribution is -0.147. The Morgan fingerprint density at radius 1 is 1.22 bits per heavy atom. The number of hydrogen-bond donors (Lipinski definition) is 2. The van der Waals surface area contributed by atoms with Crippen LogP contribution in [0.25, 0.3) is 0 Å². The molecule has 0 aliphatic carbocycles. The summed E-state index contributed by atoms with van der Waals surface area (Å²) < 4.78 is 45.6. The van der Waals surface area contributed by atoms with Gasteiger partial charge in [-0.05, 0) is 12.1 Å². The van der Waals surface area contributed by atoms with Gasteiger partial charge < -0.3 is 14.8 Å². The summed E-state index contributed by atoms with van der Waals surface area (Å²) in [7, 11) is 0. The van der Waals surface area contributed by atoms with Crippen molar-refractivity contribution in [3.63, 3.8) is 0 Å². The number of ether oxygens (including phenoxy) is 2. The first-order valence-electron chi connectivity index (χ1n) is 7.48. The number of imide groups is 1. The number of fused-ring (bicyclic) bond motifs is 1. The lowest BCUT2D eigenvalue weighted by atomic mass is 10.2. The summed E-state index contributed by atoms with van der Waals surface area (Å²) in [5.41, 5.74) is 0.349. The van der Waals surface area contributed by atoms with Crippen molar-refractivity contribution in [1.29, 1.82) is 0 Å². The summed E-state index contributed by atoms with van der Waals surface area (Å²) in [6.07, 6.45) is -4.63. The van der Waals surface area contributed by atoms with Crippen LogP contribution in [-0.2, 0) is 19.1 Å². The molecule has 0 bridgehead atoms. The molecule has 27 heavy (non-hydrogen) atoms. The number of alkyl halides is 3. The van der Waals surface area contributed by atoms with Gasteiger partial charge in [0.1, 0.15) is 18.8 Å². The number of carbonyl (C=O) groups excluding carboxylic acids is 4. The SMILES string of the molecule is O=C(COC(=O)CN1C(=O)COc2ccccc21)NC(=O)NCC(F)(F)F. The quantitative estimate of drug-likeness (QED) is 0.703. The fraction of sp³-hybridized carbons (Fsp3) is 0.333. The van der Waals surface area contributed by atoms with Gasteiger partial charge >= 0.3 is 18.2 Å². The number of rotatable bonds is 5. The number of urea groups is 1. The van der Waals surface area contributed by atoms with E-state index in [1.807, 2.05) is 0 Å². The summed E-state index contributed by atoms with van der Waals surface area (Å²) in [5.74, 6) is -2.19. The highest BCUT2D eigenvalue weighted by atomic mass is 19.4. The zero-order valence-corrected chi connectivity index (χ0v) is 13.7. The molecular weight excluding hydrogens is 375 g/mol. The molecule has 1 aromatic carbocycles. The molecular formula is C15H14F3N3O6. The van der Waals surface area contributed by atoms with E-state index in [2.05, 4.69) is 4.74 Å². The molecule has 0 radical (unpaired) electrons. The minimum Gasteiger partial charge on any atom is -0.482 e. The molecule has 2 rings (SSSR count). The third-order valence-electron chi connectivity index (χ3n) is 3.16. The van der Waals surface area contributed by atoms with Crippen LogP contribution < -0.4 is 20.3 Å². The second-order valence-electron chi connectivity index (χ2n) is 5.24. The number of amides is 4. The fourth-order valence-electron chi connectivity index (χ4n) is 2.04. The zero-order chi connectivity index (χ0) is 20.0. The van der Waals surface area contributed by atoms with E-state index in [-0.39, 0.29) is 6.61 Å². The monoisotopic (exact) mass is 389 g/mol. The third kappa shape index (κ3) is 6.17. The average Bonchev–Trinajstić information content (AvgIpc) is 2.60. The summed E-state index contributed by atoms with van der Waals surface area (Å²) in [6, 6.07) is 5.08. The van der Waals surface area contributed by atoms with Crippen LogP contribution in [0, 0.1) is 0 Å². The van der Waals surface area contributed by atoms with Crippen LogP contribution in [0.1, 0.15) is 0 Å². The van der Waals surface area contributed by atoms with Gasteiger partial charge in [-0.2, -0.15) is 13.2 Å². The van der Waals surface area contributed by atoms with Gasteiger partial charge in [0.2, 0.25) is 0 Å². The number of anilines is 1. The van der Waals surface area contributed by atoms with Gasteiger partial charge in [0.05, 0.1) is 5.69 Å². The van der Waals surface area contributed by atoms with Gasteiger partial charge in [-0.15, -0.1) is 0 Å². The Hall–Kier alpha value is -3.31. The van der Waals surface area contributed by atoms with Crippen LogP contribution in [0.15, 0.2) is 24.3 Å². The van der Waals surface area contributed by atoms with Crippen molar-refractivity contribution in [1.82, 2.24) is 10.6 Å². The Morgan fingerprint density at radius 2 is 1.93 bits per heavy atom. The van der Waals surface area contributed by atoms with Crippen molar-refractivity contribution in [2.24, 2.45) is 0 Å². The van der Waals surface area contributed by atoms with Gasteiger partial charge in [0.15, 0.2) is 13.2 Å². The van der Waals surface area contributed by atoms with Crippen LogP contribution in [0.3, 0.4) is 0 Å². The third-order valence-corrected chi connectivity index (χ3v) is 3.16. The van der Waals surface area contributed by atoms with Crippen LogP contribution in [-0.4, -0.2) is 56.3 Å². The van der Waals surface area contributed by atoms with E-state index in [1.54, 1.807) is 29.6 Å². The van der Waals surface area contributed by atoms with Gasteiger partial charge in [0.25, 0.3) is 11.8 Å². The largest absolute Gasteiger partial charge is 0.482 e. The predicted octanol–water partition coefficient (Wildman–Crippen LogP) is 0.343. The van der Waals surface area contributed by atoms with E-state index in [0.29, 0.717) is 11.4 Å². The summed E-state index contributed by atoms with van der Waals surface area (Å²) in [6.45, 7) is -3.31. The first-order chi connectivity index (χ1) is 12.7. The molecule has 1 heterocycles. The normalized spacial score (nSPS) is 13.3. The number of nitrogens with one attached hydrogen (secondary N) is 2. The number of halogens is 3. The minimum absolute atomic E-state index is 0.274. The Balaban J connectivity index is 1.80. The molecule has 2 N–H and O–H groups in total. The molecule has 1 aromatic rings. The maximum atomic E-state index is 11.9. The van der Waals surface area contributed by atoms with Crippen molar-refractivity contribution in [3.8, 4) is 5.75 Å². The summed E-state index contributed by atoms with van der Waals surface area (Å²) in [4.78, 5) is 47.3. The number of para-hydroxylation sites is 2. The second kappa shape index (κ2) is 8.38. The molecule has 0 spiro atoms. The number of esters is 1. The fourth-order valence-corrected chi connectivity index (χ4v) is 2.04. The summed E-state index contributed by atoms with van der Waals surface area (Å²) >= 11 is 0. The predicted molar refractivity (Wildman–Crippen MR) is 82.8 cm³/mol. The molecule has 0 fully saturated rings. The molecule has 1 aliphatic heterocycles. The standard InChI is InChI=1S/C15H14F3N3O6/c16-15(17,18)8-19-14(25)20-11(22)6-27-13(24)5-21-9-3-1-2-4-10(9)26-7-12(21)23/h1-4H,5-8H2,(H2,19,20,22,25). The Labute approximate surface area is 150 Å². The molecule has 9 nitrogen and oxygen atoms in total. The molecule has 1 aliphatic rings. The van der Waals surface area contributed by atoms with E-state index in [4.69, 9.17) is 4.74 Å². The van der Waals surface area contributed by atoms with E-state index >= 15 is 0 Å². The van der Waals surface area contributed by atoms with Crippen LogP contribution in [0.2, 0.25) is 0 Å². The van der Waals surface area contributed by atoms with Crippen LogP contribution >= 0.6 is 0 Å². The molecule has 0 unspecified atom stereocenters. The summed E-state index contributed by atoms with van der Waals surface area (Å²) in [5, 5.41) is 2.99. The highest BCUT2D eigenvalue weighted by Crippen LogP contribution is 2.31. The highest BCUT2D eigenvalue weighted by Gasteiger charge is 2.29. The van der Waals surface area contributed by atoms with Gasteiger partial charge in [0, 0.05) is 0 Å². The average molecular weight is 389 g/mol. The number of benzene rings is 1. The Bertz CT molecular complexity index is 753. The smallest absolute Gasteiger partial charge is 0.405 e. The van der Waals surface area contributed by atoms with Gasteiger partial charge in [-0.1, -0.05) is 12.1 Å². The van der Waals surface area contributed by atoms with E-state index in [0.717, 1.165) is 4.90 Å². The van der Waals surface area contributed by atoms with Crippen LogP contribution in [0.4, 0.5) is 23.7 Å². The van der Waals surface area contributed by atoms with Crippen molar-refractivity contribution in [2.45, 2.75) is 6.18 Å². The topological polar surface area (TPSA) is 114 Å². The zero-order valence-electron chi connectivity index (χ0n) is 13.7. The van der Waals surface area contributed by atoms with E-state index in [1.165, 1.54) is 5.32 Å². The molecule has 0 saturated heterocycles. The first kappa shape index (κ1) is 20.0. The van der Waals surface area contributed by atoms with Crippen molar-refractivity contribution in [2.75, 3.05) is 31.2 Å². The van der Waals surface area contributed by atoms with Crippen molar-refractivity contribution >= 4 is 29.5 Å². The van der Waals surface area contributed by atoms with Crippen molar-refractivity contribution < 1.29 is 41.8 Å². The maximum Gasteiger partial charge on any atom is 0.405 e. The molecule has 0 saturated carbocycles. The lowest BCUT2D eigenvalue weighted by Crippen LogP contribution is -2.45. The second-order valence-corrected chi connectivity index (χ2v) is 5.24. The van der Waals surface area contributed by atoms with E-state index in [9.17, 15) is 32.3 Å². The highest BCUT2D eigenvalue weighted by molar-refractivity contribution is 6.01. The van der Waals surface area contributed by atoms with Crippen LogP contribution in [0.5, 0.6) is 5.75 Å². The lowest BCUT2D eigenvalue weighted by Gasteiger charge is -2.28. The molecule has 4 amide bonds. The number of carbonyl (C=O) groups is 4. The number of hydrogen-bond acceptors (Lipinski definition) is 6. The van der Waals surface area contributed by atoms with Crippen molar-refractivity contribution in [3.05, 3.63) is 24.3 Å². The molecule has 146 valence electrons. The Kier molecular flexibility index (Phi) is 6.21. The Morgan fingerprint density at radius 3 is 2.63 bits per heavy atom. The van der Waals surface area contributed by atoms with Gasteiger partial charge in [-0.25, -0.2) is 4.79 Å². The van der Waals surface area contributed by atoms with Gasteiger partial charge in [-0.3, -0.25) is 24.6 Å². The van der Waals surface area contributed by atoms with E-state index < -0.39 is 49.7 Å².